The van der Waals surface area contributed by atoms with Gasteiger partial charge in [0.15, 0.2) is 0 Å². The van der Waals surface area contributed by atoms with Gasteiger partial charge in [-0.3, -0.25) is 4.79 Å². The maximum absolute atomic E-state index is 12.9. The molecule has 1 aromatic heterocycles. The van der Waals surface area contributed by atoms with Crippen molar-refractivity contribution in [2.24, 2.45) is 0 Å². The van der Waals surface area contributed by atoms with Crippen LogP contribution < -0.4 is 5.32 Å². The van der Waals surface area contributed by atoms with Crippen LogP contribution in [0.4, 0.5) is 10.3 Å². The maximum Gasteiger partial charge on any atom is 0.241 e. The Morgan fingerprint density at radius 1 is 1.53 bits per heavy atom. The minimum absolute atomic E-state index is 0.0587. The highest BCUT2D eigenvalue weighted by molar-refractivity contribution is 5.81. The van der Waals surface area contributed by atoms with E-state index in [0.717, 1.165) is 0 Å². The number of nitrogens with one attached hydrogen (secondary N) is 2. The Kier molecular flexibility index (Phi) is 2.95. The van der Waals surface area contributed by atoms with Crippen molar-refractivity contribution in [1.29, 1.82) is 0 Å². The predicted molar refractivity (Wildman–Crippen MR) is 63.2 cm³/mol. The topological polar surface area (TPSA) is 61.0 Å². The summed E-state index contributed by atoms with van der Waals surface area (Å²) in [5.74, 6) is 0.0782. The fourth-order valence-electron chi connectivity index (χ4n) is 1.38. The lowest BCUT2D eigenvalue weighted by molar-refractivity contribution is -0.126. The average molecular weight is 236 g/mol. The highest BCUT2D eigenvalue weighted by atomic mass is 19.1. The number of benzene rings is 1. The number of likely N-dealkylation sites (N-methyl/N-ethyl adjacent to an activating group) is 1. The Bertz CT molecular complexity index is 549. The highest BCUT2D eigenvalue weighted by Gasteiger charge is 2.06. The van der Waals surface area contributed by atoms with Gasteiger partial charge in [-0.2, -0.15) is 0 Å². The van der Waals surface area contributed by atoms with Crippen LogP contribution in [0.25, 0.3) is 11.0 Å². The zero-order valence-corrected chi connectivity index (χ0v) is 9.62. The molecule has 0 radical (unpaired) electrons. The van der Waals surface area contributed by atoms with Gasteiger partial charge in [-0.15, -0.1) is 0 Å². The van der Waals surface area contributed by atoms with E-state index in [9.17, 15) is 9.18 Å². The van der Waals surface area contributed by atoms with Crippen molar-refractivity contribution in [3.63, 3.8) is 0 Å². The molecule has 0 unspecified atom stereocenters. The molecule has 0 saturated carbocycles. The number of anilines is 1. The zero-order chi connectivity index (χ0) is 12.4. The highest BCUT2D eigenvalue weighted by Crippen LogP contribution is 2.15. The van der Waals surface area contributed by atoms with E-state index in [2.05, 4.69) is 15.3 Å². The summed E-state index contributed by atoms with van der Waals surface area (Å²) in [5.41, 5.74) is 1.26. The third-order valence-corrected chi connectivity index (χ3v) is 2.35. The molecular formula is C11H13FN4O. The minimum atomic E-state index is -0.322. The number of carbonyl (C=O) groups is 1. The van der Waals surface area contributed by atoms with E-state index in [0.29, 0.717) is 17.0 Å². The molecule has 0 aliphatic carbocycles. The van der Waals surface area contributed by atoms with Gasteiger partial charge in [-0.25, -0.2) is 9.37 Å². The minimum Gasteiger partial charge on any atom is -0.347 e. The van der Waals surface area contributed by atoms with E-state index in [-0.39, 0.29) is 18.3 Å². The Morgan fingerprint density at radius 2 is 2.29 bits per heavy atom. The standard InChI is InChI=1S/C11H13FN4O/c1-16(2)10(17)6-13-11-14-8-4-3-7(12)5-9(8)15-11/h3-5H,6H2,1-2H3,(H2,13,14,15). The van der Waals surface area contributed by atoms with Crippen molar-refractivity contribution in [2.45, 2.75) is 0 Å². The summed E-state index contributed by atoms with van der Waals surface area (Å²) in [6.45, 7) is 0.148. The lowest BCUT2D eigenvalue weighted by Crippen LogP contribution is -2.28. The summed E-state index contributed by atoms with van der Waals surface area (Å²) in [6.07, 6.45) is 0. The molecule has 2 aromatic rings. The number of amides is 1. The van der Waals surface area contributed by atoms with Crippen LogP contribution in [0.2, 0.25) is 0 Å². The first-order valence-electron chi connectivity index (χ1n) is 5.15. The van der Waals surface area contributed by atoms with Gasteiger partial charge in [-0.05, 0) is 18.2 Å². The molecule has 5 nitrogen and oxygen atoms in total. The zero-order valence-electron chi connectivity index (χ0n) is 9.62. The molecule has 0 atom stereocenters. The number of aromatic nitrogens is 2. The van der Waals surface area contributed by atoms with Gasteiger partial charge in [0.2, 0.25) is 11.9 Å². The third kappa shape index (κ3) is 2.52. The third-order valence-electron chi connectivity index (χ3n) is 2.35. The van der Waals surface area contributed by atoms with Crippen molar-refractivity contribution in [1.82, 2.24) is 14.9 Å². The molecule has 0 spiro atoms. The molecule has 2 rings (SSSR count). The van der Waals surface area contributed by atoms with Crippen LogP contribution in [0.3, 0.4) is 0 Å². The number of hydrogen-bond donors (Lipinski definition) is 2. The number of halogens is 1. The normalized spacial score (nSPS) is 10.5. The molecule has 1 heterocycles. The lowest BCUT2D eigenvalue weighted by atomic mass is 10.3. The molecule has 90 valence electrons. The largest absolute Gasteiger partial charge is 0.347 e. The summed E-state index contributed by atoms with van der Waals surface area (Å²) < 4.78 is 12.9. The number of imidazole rings is 1. The first-order valence-corrected chi connectivity index (χ1v) is 5.15. The van der Waals surface area contributed by atoms with Crippen molar-refractivity contribution in [3.05, 3.63) is 24.0 Å². The molecule has 1 amide bonds. The van der Waals surface area contributed by atoms with Crippen molar-refractivity contribution < 1.29 is 9.18 Å². The van der Waals surface area contributed by atoms with Gasteiger partial charge in [-0.1, -0.05) is 0 Å². The SMILES string of the molecule is CN(C)C(=O)CNc1nc2ccc(F)cc2[nH]1. The molecule has 0 saturated heterocycles. The lowest BCUT2D eigenvalue weighted by Gasteiger charge is -2.09. The van der Waals surface area contributed by atoms with Crippen LogP contribution in [-0.4, -0.2) is 41.4 Å². The maximum atomic E-state index is 12.9. The van der Waals surface area contributed by atoms with Crippen molar-refractivity contribution in [3.8, 4) is 0 Å². The molecule has 0 aliphatic rings. The Morgan fingerprint density at radius 3 is 3.00 bits per heavy atom. The number of carbonyl (C=O) groups excluding carboxylic acids is 1. The Hall–Kier alpha value is -2.11. The summed E-state index contributed by atoms with van der Waals surface area (Å²) >= 11 is 0. The van der Waals surface area contributed by atoms with Gasteiger partial charge in [0.25, 0.3) is 0 Å². The van der Waals surface area contributed by atoms with Gasteiger partial charge in [0.1, 0.15) is 5.82 Å². The van der Waals surface area contributed by atoms with E-state index < -0.39 is 0 Å². The first kappa shape index (κ1) is 11.4. The molecule has 17 heavy (non-hydrogen) atoms. The summed E-state index contributed by atoms with van der Waals surface area (Å²) in [7, 11) is 3.36. The van der Waals surface area contributed by atoms with Crippen LogP contribution in [0.1, 0.15) is 0 Å². The number of nitrogens with zero attached hydrogens (tertiary/aromatic N) is 2. The number of H-pyrrole nitrogens is 1. The molecule has 0 aliphatic heterocycles. The van der Waals surface area contributed by atoms with E-state index in [1.165, 1.54) is 17.0 Å². The summed E-state index contributed by atoms with van der Waals surface area (Å²) in [4.78, 5) is 19.9. The fraction of sp³-hybridized carbons (Fsp3) is 0.273. The van der Waals surface area contributed by atoms with Crippen molar-refractivity contribution in [2.75, 3.05) is 26.0 Å². The Balaban J connectivity index is 2.12. The van der Waals surface area contributed by atoms with Gasteiger partial charge >= 0.3 is 0 Å². The van der Waals surface area contributed by atoms with Gasteiger partial charge < -0.3 is 15.2 Å². The molecular weight excluding hydrogens is 223 g/mol. The van der Waals surface area contributed by atoms with E-state index >= 15 is 0 Å². The van der Waals surface area contributed by atoms with Crippen LogP contribution in [-0.2, 0) is 4.79 Å². The van der Waals surface area contributed by atoms with Crippen LogP contribution in [0, 0.1) is 5.82 Å². The van der Waals surface area contributed by atoms with E-state index in [4.69, 9.17) is 0 Å². The van der Waals surface area contributed by atoms with Gasteiger partial charge in [0.05, 0.1) is 17.6 Å². The second-order valence-electron chi connectivity index (χ2n) is 3.89. The monoisotopic (exact) mass is 236 g/mol. The second-order valence-corrected chi connectivity index (χ2v) is 3.89. The molecule has 6 heteroatoms. The smallest absolute Gasteiger partial charge is 0.241 e. The van der Waals surface area contributed by atoms with E-state index in [1.807, 2.05) is 0 Å². The van der Waals surface area contributed by atoms with E-state index in [1.54, 1.807) is 20.2 Å². The summed E-state index contributed by atoms with van der Waals surface area (Å²) in [6, 6.07) is 4.29. The molecule has 1 aromatic carbocycles. The molecule has 2 N–H and O–H groups in total. The number of rotatable bonds is 3. The molecule has 0 bridgehead atoms. The number of aromatic amines is 1. The quantitative estimate of drug-likeness (QED) is 0.841. The number of hydrogen-bond acceptors (Lipinski definition) is 3. The Labute approximate surface area is 97.6 Å². The average Bonchev–Trinajstić information content (AvgIpc) is 2.67. The fourth-order valence-corrected chi connectivity index (χ4v) is 1.38. The van der Waals surface area contributed by atoms with Crippen molar-refractivity contribution >= 4 is 22.9 Å². The second kappa shape index (κ2) is 4.40. The number of fused-ring (bicyclic) bond motifs is 1. The predicted octanol–water partition coefficient (Wildman–Crippen LogP) is 1.20. The van der Waals surface area contributed by atoms with Crippen LogP contribution in [0.5, 0.6) is 0 Å². The first-order chi connectivity index (χ1) is 8.06. The van der Waals surface area contributed by atoms with Crippen LogP contribution in [0.15, 0.2) is 18.2 Å². The summed E-state index contributed by atoms with van der Waals surface area (Å²) in [5, 5.41) is 2.85. The van der Waals surface area contributed by atoms with Crippen LogP contribution >= 0.6 is 0 Å². The van der Waals surface area contributed by atoms with Gasteiger partial charge in [0, 0.05) is 14.1 Å². The molecule has 0 fully saturated rings.